The van der Waals surface area contributed by atoms with Crippen LogP contribution in [0.5, 0.6) is 0 Å². The quantitative estimate of drug-likeness (QED) is 0.859. The van der Waals surface area contributed by atoms with Gasteiger partial charge in [-0.1, -0.05) is 37.7 Å². The van der Waals surface area contributed by atoms with Crippen molar-refractivity contribution in [3.8, 4) is 6.07 Å². The molecule has 2 aromatic rings. The first-order valence-electron chi connectivity index (χ1n) is 6.65. The predicted octanol–water partition coefficient (Wildman–Crippen LogP) is 2.97. The molecule has 5 nitrogen and oxygen atoms in total. The number of fused-ring (bicyclic) bond motifs is 1. The van der Waals surface area contributed by atoms with E-state index >= 15 is 0 Å². The molecule has 0 spiro atoms. The number of carbonyl (C=O) groups is 1. The lowest BCUT2D eigenvalue weighted by Crippen LogP contribution is -2.49. The first kappa shape index (κ1) is 15.4. The molecule has 0 aliphatic rings. The molecule has 1 unspecified atom stereocenters. The molecule has 21 heavy (non-hydrogen) atoms. The number of hydrogen-bond acceptors (Lipinski definition) is 5. The van der Waals surface area contributed by atoms with Crippen molar-refractivity contribution in [3.63, 3.8) is 0 Å². The Balaban J connectivity index is 1.96. The standard InChI is InChI=1S/C15H17N3O2S/c1-10(2)15(3,9-16)18-13(19)8-21-14-17-11-6-4-5-7-12(11)20-14/h4-7,10H,8H2,1-3H3,(H,18,19). The summed E-state index contributed by atoms with van der Waals surface area (Å²) in [6.45, 7) is 5.52. The largest absolute Gasteiger partial charge is 0.431 e. The Hall–Kier alpha value is -2.00. The maximum absolute atomic E-state index is 12.0. The number of nitriles is 1. The van der Waals surface area contributed by atoms with Crippen LogP contribution in [0.2, 0.25) is 0 Å². The molecule has 1 amide bonds. The van der Waals surface area contributed by atoms with Gasteiger partial charge in [0, 0.05) is 0 Å². The van der Waals surface area contributed by atoms with Crippen LogP contribution in [-0.4, -0.2) is 22.2 Å². The number of thioether (sulfide) groups is 1. The van der Waals surface area contributed by atoms with Gasteiger partial charge in [-0.2, -0.15) is 5.26 Å². The van der Waals surface area contributed by atoms with Crippen molar-refractivity contribution >= 4 is 28.8 Å². The maximum atomic E-state index is 12.0. The van der Waals surface area contributed by atoms with Crippen LogP contribution in [0.4, 0.5) is 0 Å². The predicted molar refractivity (Wildman–Crippen MR) is 81.7 cm³/mol. The Labute approximate surface area is 127 Å². The second-order valence-corrected chi connectivity index (χ2v) is 6.18. The van der Waals surface area contributed by atoms with E-state index in [1.807, 2.05) is 38.1 Å². The molecule has 1 aromatic carbocycles. The van der Waals surface area contributed by atoms with Crippen LogP contribution in [0, 0.1) is 17.2 Å². The van der Waals surface area contributed by atoms with Gasteiger partial charge in [0.2, 0.25) is 5.91 Å². The summed E-state index contributed by atoms with van der Waals surface area (Å²) >= 11 is 1.22. The zero-order chi connectivity index (χ0) is 15.5. The highest BCUT2D eigenvalue weighted by molar-refractivity contribution is 7.99. The van der Waals surface area contributed by atoms with Gasteiger partial charge in [0.15, 0.2) is 5.58 Å². The van der Waals surface area contributed by atoms with Gasteiger partial charge in [-0.3, -0.25) is 4.79 Å². The minimum Gasteiger partial charge on any atom is -0.431 e. The Bertz CT molecular complexity index is 657. The van der Waals surface area contributed by atoms with Crippen molar-refractivity contribution in [3.05, 3.63) is 24.3 Å². The molecule has 6 heteroatoms. The van der Waals surface area contributed by atoms with Gasteiger partial charge in [-0.15, -0.1) is 0 Å². The number of oxazole rings is 1. The van der Waals surface area contributed by atoms with E-state index in [0.717, 1.165) is 5.52 Å². The third kappa shape index (κ3) is 3.56. The van der Waals surface area contributed by atoms with E-state index in [4.69, 9.17) is 4.42 Å². The fourth-order valence-electron chi connectivity index (χ4n) is 1.67. The van der Waals surface area contributed by atoms with Crippen molar-refractivity contribution in [2.75, 3.05) is 5.75 Å². The minimum absolute atomic E-state index is 0.0285. The minimum atomic E-state index is -0.862. The van der Waals surface area contributed by atoms with E-state index in [9.17, 15) is 10.1 Å². The molecule has 0 saturated carbocycles. The van der Waals surface area contributed by atoms with E-state index in [0.29, 0.717) is 10.8 Å². The summed E-state index contributed by atoms with van der Waals surface area (Å²) < 4.78 is 5.53. The molecule has 1 aromatic heterocycles. The first-order chi connectivity index (χ1) is 9.94. The van der Waals surface area contributed by atoms with Crippen molar-refractivity contribution in [2.24, 2.45) is 5.92 Å². The Morgan fingerprint density at radius 1 is 1.52 bits per heavy atom. The van der Waals surface area contributed by atoms with Gasteiger partial charge in [-0.05, 0) is 25.0 Å². The number of nitrogens with one attached hydrogen (secondary N) is 1. The fraction of sp³-hybridized carbons (Fsp3) is 0.400. The zero-order valence-electron chi connectivity index (χ0n) is 12.2. The van der Waals surface area contributed by atoms with Crippen LogP contribution in [0.15, 0.2) is 33.9 Å². The SMILES string of the molecule is CC(C)C(C)(C#N)NC(=O)CSc1nc2ccccc2o1. The van der Waals surface area contributed by atoms with Crippen LogP contribution in [0.25, 0.3) is 11.1 Å². The van der Waals surface area contributed by atoms with E-state index in [-0.39, 0.29) is 17.6 Å². The van der Waals surface area contributed by atoms with Crippen LogP contribution in [-0.2, 0) is 4.79 Å². The van der Waals surface area contributed by atoms with Crippen molar-refractivity contribution in [1.82, 2.24) is 10.3 Å². The monoisotopic (exact) mass is 303 g/mol. The molecule has 1 atom stereocenters. The van der Waals surface area contributed by atoms with Crippen LogP contribution < -0.4 is 5.32 Å². The molecule has 0 radical (unpaired) electrons. The highest BCUT2D eigenvalue weighted by Gasteiger charge is 2.29. The van der Waals surface area contributed by atoms with Gasteiger partial charge in [-0.25, -0.2) is 4.98 Å². The molecule has 2 rings (SSSR count). The van der Waals surface area contributed by atoms with E-state index in [1.165, 1.54) is 11.8 Å². The molecule has 0 saturated heterocycles. The molecule has 1 N–H and O–H groups in total. The average Bonchev–Trinajstić information content (AvgIpc) is 2.87. The summed E-state index contributed by atoms with van der Waals surface area (Å²) in [6.07, 6.45) is 0. The number of benzene rings is 1. The second kappa shape index (κ2) is 6.19. The van der Waals surface area contributed by atoms with E-state index in [2.05, 4.69) is 16.4 Å². The molecule has 1 heterocycles. The number of aromatic nitrogens is 1. The highest BCUT2D eigenvalue weighted by atomic mass is 32.2. The number of amides is 1. The summed E-state index contributed by atoms with van der Waals surface area (Å²) in [5, 5.41) is 12.4. The molecule has 0 aliphatic heterocycles. The summed E-state index contributed by atoms with van der Waals surface area (Å²) in [7, 11) is 0. The lowest BCUT2D eigenvalue weighted by molar-refractivity contribution is -0.120. The van der Waals surface area contributed by atoms with Crippen LogP contribution in [0.1, 0.15) is 20.8 Å². The number of para-hydroxylation sites is 2. The smallest absolute Gasteiger partial charge is 0.257 e. The topological polar surface area (TPSA) is 78.9 Å². The third-order valence-electron chi connectivity index (χ3n) is 3.39. The van der Waals surface area contributed by atoms with E-state index in [1.54, 1.807) is 6.92 Å². The number of rotatable bonds is 5. The van der Waals surface area contributed by atoms with E-state index < -0.39 is 5.54 Å². The van der Waals surface area contributed by atoms with Gasteiger partial charge in [0.05, 0.1) is 11.8 Å². The van der Waals surface area contributed by atoms with Gasteiger partial charge < -0.3 is 9.73 Å². The zero-order valence-corrected chi connectivity index (χ0v) is 13.0. The Morgan fingerprint density at radius 2 is 2.24 bits per heavy atom. The summed E-state index contributed by atoms with van der Waals surface area (Å²) in [5.74, 6) is -0.0163. The number of carbonyl (C=O) groups excluding carboxylic acids is 1. The first-order valence-corrected chi connectivity index (χ1v) is 7.64. The Kier molecular flexibility index (Phi) is 4.53. The summed E-state index contributed by atoms with van der Waals surface area (Å²) in [6, 6.07) is 9.59. The lowest BCUT2D eigenvalue weighted by Gasteiger charge is -2.27. The molecular weight excluding hydrogens is 286 g/mol. The molecule has 110 valence electrons. The lowest BCUT2D eigenvalue weighted by atomic mass is 9.90. The van der Waals surface area contributed by atoms with Gasteiger partial charge >= 0.3 is 0 Å². The molecule has 0 bridgehead atoms. The van der Waals surface area contributed by atoms with Gasteiger partial charge in [0.25, 0.3) is 5.22 Å². The molecule has 0 aliphatic carbocycles. The Morgan fingerprint density at radius 3 is 2.86 bits per heavy atom. The molecular formula is C15H17N3O2S. The van der Waals surface area contributed by atoms with Crippen molar-refractivity contribution in [1.29, 1.82) is 5.26 Å². The van der Waals surface area contributed by atoms with Crippen molar-refractivity contribution in [2.45, 2.75) is 31.5 Å². The normalized spacial score (nSPS) is 13.9. The summed E-state index contributed by atoms with van der Waals surface area (Å²) in [4.78, 5) is 16.2. The average molecular weight is 303 g/mol. The van der Waals surface area contributed by atoms with Crippen molar-refractivity contribution < 1.29 is 9.21 Å². The highest BCUT2D eigenvalue weighted by Crippen LogP contribution is 2.23. The molecule has 0 fully saturated rings. The number of hydrogen-bond donors (Lipinski definition) is 1. The second-order valence-electron chi connectivity index (χ2n) is 5.25. The van der Waals surface area contributed by atoms with Crippen LogP contribution in [0.3, 0.4) is 0 Å². The van der Waals surface area contributed by atoms with Crippen LogP contribution >= 0.6 is 11.8 Å². The maximum Gasteiger partial charge on any atom is 0.257 e. The number of nitrogens with zero attached hydrogens (tertiary/aromatic N) is 2. The van der Waals surface area contributed by atoms with Gasteiger partial charge in [0.1, 0.15) is 11.1 Å². The fourth-order valence-corrected chi connectivity index (χ4v) is 2.31. The summed E-state index contributed by atoms with van der Waals surface area (Å²) in [5.41, 5.74) is 0.604. The third-order valence-corrected chi connectivity index (χ3v) is 4.22.